The zero-order valence-electron chi connectivity index (χ0n) is 12.3. The molecule has 3 heterocycles. The minimum Gasteiger partial charge on any atom is -0.443 e. The van der Waals surface area contributed by atoms with Gasteiger partial charge in [0, 0.05) is 30.2 Å². The van der Waals surface area contributed by atoms with Crippen LogP contribution in [0.15, 0.2) is 41.6 Å². The highest BCUT2D eigenvalue weighted by Gasteiger charge is 2.19. The number of rotatable bonds is 3. The molecule has 0 atom stereocenters. The van der Waals surface area contributed by atoms with Crippen molar-refractivity contribution in [3.63, 3.8) is 0 Å². The van der Waals surface area contributed by atoms with E-state index in [1.54, 1.807) is 31.0 Å². The van der Waals surface area contributed by atoms with Gasteiger partial charge in [-0.1, -0.05) is 20.8 Å². The number of aromatic nitrogens is 5. The second-order valence-electron chi connectivity index (χ2n) is 5.84. The van der Waals surface area contributed by atoms with Gasteiger partial charge in [0.25, 0.3) is 0 Å². The van der Waals surface area contributed by atoms with Crippen molar-refractivity contribution in [2.24, 2.45) is 0 Å². The lowest BCUT2D eigenvalue weighted by molar-refractivity contribution is 0.377. The average molecular weight is 283 g/mol. The van der Waals surface area contributed by atoms with Crippen molar-refractivity contribution in [2.45, 2.75) is 32.7 Å². The third kappa shape index (κ3) is 2.84. The first-order chi connectivity index (χ1) is 10.0. The maximum Gasteiger partial charge on any atom is 0.214 e. The van der Waals surface area contributed by atoms with Crippen LogP contribution in [0, 0.1) is 0 Å². The second kappa shape index (κ2) is 5.12. The second-order valence-corrected chi connectivity index (χ2v) is 5.84. The smallest absolute Gasteiger partial charge is 0.214 e. The van der Waals surface area contributed by atoms with Gasteiger partial charge in [-0.3, -0.25) is 4.98 Å². The standard InChI is InChI=1S/C15H17N5O/c1-15(2,3)12-9-19-13(21-12)10-20-7-6-18-14(20)11-8-16-4-5-17-11/h4-9H,10H2,1-3H3. The number of imidazole rings is 1. The van der Waals surface area contributed by atoms with E-state index >= 15 is 0 Å². The van der Waals surface area contributed by atoms with Crippen LogP contribution in [0.1, 0.15) is 32.4 Å². The van der Waals surface area contributed by atoms with Gasteiger partial charge in [0.1, 0.15) is 18.0 Å². The molecule has 6 nitrogen and oxygen atoms in total. The molecule has 0 unspecified atom stereocenters. The molecular formula is C15H17N5O. The van der Waals surface area contributed by atoms with E-state index in [-0.39, 0.29) is 5.41 Å². The Bertz CT molecular complexity index is 724. The maximum atomic E-state index is 5.82. The molecular weight excluding hydrogens is 266 g/mol. The molecule has 3 aromatic heterocycles. The first kappa shape index (κ1) is 13.5. The molecule has 21 heavy (non-hydrogen) atoms. The Morgan fingerprint density at radius 1 is 1.05 bits per heavy atom. The summed E-state index contributed by atoms with van der Waals surface area (Å²) in [6, 6.07) is 0. The summed E-state index contributed by atoms with van der Waals surface area (Å²) in [5.41, 5.74) is 0.679. The fourth-order valence-corrected chi connectivity index (χ4v) is 1.96. The van der Waals surface area contributed by atoms with E-state index in [1.165, 1.54) is 0 Å². The summed E-state index contributed by atoms with van der Waals surface area (Å²) in [6.45, 7) is 6.81. The normalized spacial score (nSPS) is 11.8. The zero-order valence-corrected chi connectivity index (χ0v) is 12.3. The number of oxazole rings is 1. The summed E-state index contributed by atoms with van der Waals surface area (Å²) < 4.78 is 7.76. The predicted molar refractivity (Wildman–Crippen MR) is 77.6 cm³/mol. The van der Waals surface area contributed by atoms with E-state index in [1.807, 2.05) is 10.8 Å². The molecule has 0 bridgehead atoms. The van der Waals surface area contributed by atoms with Gasteiger partial charge in [-0.25, -0.2) is 15.0 Å². The van der Waals surface area contributed by atoms with E-state index in [9.17, 15) is 0 Å². The van der Waals surface area contributed by atoms with Crippen molar-refractivity contribution in [1.82, 2.24) is 24.5 Å². The van der Waals surface area contributed by atoms with Gasteiger partial charge < -0.3 is 8.98 Å². The SMILES string of the molecule is CC(C)(C)c1cnc(Cn2ccnc2-c2cnccn2)o1. The fraction of sp³-hybridized carbons (Fsp3) is 0.333. The van der Waals surface area contributed by atoms with E-state index in [4.69, 9.17) is 4.42 Å². The Labute approximate surface area is 122 Å². The highest BCUT2D eigenvalue weighted by atomic mass is 16.4. The van der Waals surface area contributed by atoms with Crippen LogP contribution in [0.3, 0.4) is 0 Å². The topological polar surface area (TPSA) is 69.6 Å². The van der Waals surface area contributed by atoms with Gasteiger partial charge >= 0.3 is 0 Å². The summed E-state index contributed by atoms with van der Waals surface area (Å²) in [5, 5.41) is 0. The summed E-state index contributed by atoms with van der Waals surface area (Å²) in [7, 11) is 0. The Balaban J connectivity index is 1.87. The van der Waals surface area contributed by atoms with Crippen LogP contribution in [-0.2, 0) is 12.0 Å². The molecule has 0 N–H and O–H groups in total. The van der Waals surface area contributed by atoms with Crippen LogP contribution in [0.5, 0.6) is 0 Å². The lowest BCUT2D eigenvalue weighted by Gasteiger charge is -2.13. The van der Waals surface area contributed by atoms with Crippen LogP contribution in [0.2, 0.25) is 0 Å². The van der Waals surface area contributed by atoms with Crippen molar-refractivity contribution in [1.29, 1.82) is 0 Å². The minimum absolute atomic E-state index is 0.0477. The van der Waals surface area contributed by atoms with E-state index in [0.29, 0.717) is 12.4 Å². The zero-order chi connectivity index (χ0) is 14.9. The van der Waals surface area contributed by atoms with E-state index in [2.05, 4.69) is 40.7 Å². The third-order valence-corrected chi connectivity index (χ3v) is 3.11. The minimum atomic E-state index is -0.0477. The molecule has 3 aromatic rings. The molecule has 0 aliphatic carbocycles. The largest absolute Gasteiger partial charge is 0.443 e. The van der Waals surface area contributed by atoms with Crippen LogP contribution in [0.4, 0.5) is 0 Å². The molecule has 0 fully saturated rings. The maximum absolute atomic E-state index is 5.82. The highest BCUT2D eigenvalue weighted by Crippen LogP contribution is 2.23. The molecule has 0 aliphatic heterocycles. The number of hydrogen-bond acceptors (Lipinski definition) is 5. The summed E-state index contributed by atoms with van der Waals surface area (Å²) in [6.07, 6.45) is 10.4. The third-order valence-electron chi connectivity index (χ3n) is 3.11. The Morgan fingerprint density at radius 3 is 2.57 bits per heavy atom. The average Bonchev–Trinajstić information content (AvgIpc) is 3.09. The monoisotopic (exact) mass is 283 g/mol. The molecule has 0 aliphatic rings. The Morgan fingerprint density at radius 2 is 1.90 bits per heavy atom. The molecule has 108 valence electrons. The predicted octanol–water partition coefficient (Wildman–Crippen LogP) is 2.67. The first-order valence-corrected chi connectivity index (χ1v) is 6.77. The molecule has 0 spiro atoms. The molecule has 6 heteroatoms. The van der Waals surface area contributed by atoms with Crippen molar-refractivity contribution >= 4 is 0 Å². The van der Waals surface area contributed by atoms with Crippen molar-refractivity contribution in [3.8, 4) is 11.5 Å². The summed E-state index contributed by atoms with van der Waals surface area (Å²) >= 11 is 0. The summed E-state index contributed by atoms with van der Waals surface area (Å²) in [4.78, 5) is 17.0. The van der Waals surface area contributed by atoms with Crippen molar-refractivity contribution < 1.29 is 4.42 Å². The van der Waals surface area contributed by atoms with Gasteiger partial charge in [0.15, 0.2) is 5.82 Å². The van der Waals surface area contributed by atoms with Crippen LogP contribution in [0.25, 0.3) is 11.5 Å². The Kier molecular flexibility index (Phi) is 3.29. The molecule has 0 amide bonds. The lowest BCUT2D eigenvalue weighted by Crippen LogP contribution is -2.09. The lowest BCUT2D eigenvalue weighted by atomic mass is 9.94. The Hall–Kier alpha value is -2.50. The van der Waals surface area contributed by atoms with Crippen LogP contribution >= 0.6 is 0 Å². The number of nitrogens with zero attached hydrogens (tertiary/aromatic N) is 5. The van der Waals surface area contributed by atoms with E-state index < -0.39 is 0 Å². The van der Waals surface area contributed by atoms with Crippen LogP contribution in [-0.4, -0.2) is 24.5 Å². The van der Waals surface area contributed by atoms with Gasteiger partial charge in [0.2, 0.25) is 5.89 Å². The van der Waals surface area contributed by atoms with Crippen molar-refractivity contribution in [2.75, 3.05) is 0 Å². The first-order valence-electron chi connectivity index (χ1n) is 6.77. The molecule has 0 saturated heterocycles. The highest BCUT2D eigenvalue weighted by molar-refractivity contribution is 5.47. The van der Waals surface area contributed by atoms with Crippen molar-refractivity contribution in [3.05, 3.63) is 48.8 Å². The van der Waals surface area contributed by atoms with Gasteiger partial charge in [-0.15, -0.1) is 0 Å². The van der Waals surface area contributed by atoms with Gasteiger partial charge in [-0.2, -0.15) is 0 Å². The van der Waals surface area contributed by atoms with E-state index in [0.717, 1.165) is 17.3 Å². The summed E-state index contributed by atoms with van der Waals surface area (Å²) in [5.74, 6) is 2.28. The number of hydrogen-bond donors (Lipinski definition) is 0. The molecule has 0 saturated carbocycles. The quantitative estimate of drug-likeness (QED) is 0.739. The molecule has 0 radical (unpaired) electrons. The van der Waals surface area contributed by atoms with Gasteiger partial charge in [-0.05, 0) is 0 Å². The fourth-order valence-electron chi connectivity index (χ4n) is 1.96. The molecule has 0 aromatic carbocycles. The molecule has 3 rings (SSSR count). The van der Waals surface area contributed by atoms with Crippen LogP contribution < -0.4 is 0 Å². The van der Waals surface area contributed by atoms with Gasteiger partial charge in [0.05, 0.1) is 12.4 Å².